The third kappa shape index (κ3) is 4.27. The number of halogens is 1. The van der Waals surface area contributed by atoms with Gasteiger partial charge in [0.15, 0.2) is 0 Å². The van der Waals surface area contributed by atoms with Crippen LogP contribution in [0.5, 0.6) is 11.5 Å². The lowest BCUT2D eigenvalue weighted by Crippen LogP contribution is -2.52. The van der Waals surface area contributed by atoms with Gasteiger partial charge in [0.1, 0.15) is 22.6 Å². The molecule has 0 amide bonds. The predicted octanol–water partition coefficient (Wildman–Crippen LogP) is 2.28. The molecule has 10 heteroatoms. The molecule has 0 N–H and O–H groups in total. The van der Waals surface area contributed by atoms with Crippen molar-refractivity contribution in [3.63, 3.8) is 0 Å². The van der Waals surface area contributed by atoms with Crippen LogP contribution in [0.15, 0.2) is 42.5 Å². The predicted molar refractivity (Wildman–Crippen MR) is 119 cm³/mol. The van der Waals surface area contributed by atoms with E-state index in [1.807, 2.05) is 4.90 Å². The Kier molecular flexibility index (Phi) is 6.57. The van der Waals surface area contributed by atoms with Gasteiger partial charge in [-0.2, -0.15) is 9.37 Å². The first-order valence-corrected chi connectivity index (χ1v) is 11.9. The Balaban J connectivity index is 1.55. The fourth-order valence-corrected chi connectivity index (χ4v) is 6.30. The number of hydroxylamine groups is 2. The lowest BCUT2D eigenvalue weighted by atomic mass is 10.0. The number of sulfonamides is 1. The average molecular weight is 466 g/mol. The largest absolute Gasteiger partial charge is 0.497 e. The summed E-state index contributed by atoms with van der Waals surface area (Å²) < 4.78 is 53.5. The van der Waals surface area contributed by atoms with Gasteiger partial charge in [-0.25, -0.2) is 12.8 Å². The molecule has 174 valence electrons. The number of para-hydroxylation sites is 1. The summed E-state index contributed by atoms with van der Waals surface area (Å²) >= 11 is 0. The quantitative estimate of drug-likeness (QED) is 0.648. The minimum Gasteiger partial charge on any atom is -0.497 e. The summed E-state index contributed by atoms with van der Waals surface area (Å²) in [7, 11) is 1.15. The van der Waals surface area contributed by atoms with Crippen LogP contribution in [0.4, 0.5) is 10.1 Å². The molecule has 8 nitrogen and oxygen atoms in total. The Hall–Kier alpha value is -2.40. The van der Waals surface area contributed by atoms with Gasteiger partial charge < -0.3 is 14.4 Å². The summed E-state index contributed by atoms with van der Waals surface area (Å²) in [5.41, 5.74) is 1.23. The summed E-state index contributed by atoms with van der Waals surface area (Å²) in [5, 5.41) is 0.788. The highest BCUT2D eigenvalue weighted by atomic mass is 32.2. The standard InChI is InChI=1S/C22H28FN3O5S/c1-24-22(16-12-17(29-2)14-18(13-16)30-3)21(15-31-24)32(27,28)26-10-8-25(9-11-26)20-7-5-4-6-19(20)23/h4-7,12-14,21-22H,8-11,15H2,1-3H3. The van der Waals surface area contributed by atoms with E-state index in [0.717, 1.165) is 5.56 Å². The van der Waals surface area contributed by atoms with Crippen LogP contribution in [0.1, 0.15) is 11.6 Å². The Morgan fingerprint density at radius 2 is 1.62 bits per heavy atom. The van der Waals surface area contributed by atoms with Gasteiger partial charge in [0, 0.05) is 39.3 Å². The van der Waals surface area contributed by atoms with Crippen molar-refractivity contribution in [3.8, 4) is 11.5 Å². The summed E-state index contributed by atoms with van der Waals surface area (Å²) in [4.78, 5) is 7.53. The van der Waals surface area contributed by atoms with E-state index in [1.165, 1.54) is 10.4 Å². The molecular formula is C22H28FN3O5S. The van der Waals surface area contributed by atoms with E-state index in [4.69, 9.17) is 14.3 Å². The van der Waals surface area contributed by atoms with E-state index in [0.29, 0.717) is 30.3 Å². The fraction of sp³-hybridized carbons (Fsp3) is 0.455. The Labute approximate surface area is 188 Å². The van der Waals surface area contributed by atoms with Gasteiger partial charge in [-0.3, -0.25) is 4.84 Å². The Bertz CT molecular complexity index is 1040. The first-order valence-electron chi connectivity index (χ1n) is 10.4. The topological polar surface area (TPSA) is 71.5 Å². The summed E-state index contributed by atoms with van der Waals surface area (Å²) in [6.45, 7) is 1.45. The molecule has 2 unspecified atom stereocenters. The molecule has 2 fully saturated rings. The molecule has 2 atom stereocenters. The van der Waals surface area contributed by atoms with Gasteiger partial charge >= 0.3 is 0 Å². The smallest absolute Gasteiger partial charge is 0.221 e. The number of hydrogen-bond acceptors (Lipinski definition) is 7. The number of anilines is 1. The van der Waals surface area contributed by atoms with Crippen molar-refractivity contribution in [1.29, 1.82) is 0 Å². The molecule has 2 aromatic rings. The number of benzene rings is 2. The molecule has 2 heterocycles. The zero-order valence-electron chi connectivity index (χ0n) is 18.4. The lowest BCUT2D eigenvalue weighted by Gasteiger charge is -2.37. The van der Waals surface area contributed by atoms with Gasteiger partial charge in [0.05, 0.1) is 32.6 Å². The van der Waals surface area contributed by atoms with E-state index in [2.05, 4.69) is 0 Å². The molecular weight excluding hydrogens is 437 g/mol. The van der Waals surface area contributed by atoms with Crippen molar-refractivity contribution in [3.05, 3.63) is 53.8 Å². The van der Waals surface area contributed by atoms with Crippen molar-refractivity contribution in [2.45, 2.75) is 11.3 Å². The maximum atomic E-state index is 14.1. The molecule has 0 radical (unpaired) electrons. The fourth-order valence-electron chi connectivity index (χ4n) is 4.35. The molecule has 0 saturated carbocycles. The van der Waals surface area contributed by atoms with Crippen LogP contribution in [-0.2, 0) is 14.9 Å². The molecule has 0 bridgehead atoms. The van der Waals surface area contributed by atoms with Crippen LogP contribution in [-0.4, -0.2) is 77.1 Å². The molecule has 4 rings (SSSR count). The van der Waals surface area contributed by atoms with Crippen molar-refractivity contribution >= 4 is 15.7 Å². The molecule has 0 spiro atoms. The minimum absolute atomic E-state index is 0.0521. The van der Waals surface area contributed by atoms with E-state index >= 15 is 0 Å². The second-order valence-corrected chi connectivity index (χ2v) is 10.0. The monoisotopic (exact) mass is 465 g/mol. The van der Waals surface area contributed by atoms with E-state index < -0.39 is 21.3 Å². The van der Waals surface area contributed by atoms with E-state index in [1.54, 1.807) is 62.7 Å². The number of nitrogens with zero attached hydrogens (tertiary/aromatic N) is 3. The first-order chi connectivity index (χ1) is 15.3. The van der Waals surface area contributed by atoms with Gasteiger partial charge in [0.2, 0.25) is 10.0 Å². The summed E-state index contributed by atoms with van der Waals surface area (Å²) in [5.74, 6) is 0.852. The third-order valence-electron chi connectivity index (χ3n) is 6.08. The lowest BCUT2D eigenvalue weighted by molar-refractivity contribution is -0.110. The number of piperazine rings is 1. The maximum Gasteiger partial charge on any atom is 0.221 e. The first kappa shape index (κ1) is 22.8. The highest BCUT2D eigenvalue weighted by Gasteiger charge is 2.46. The average Bonchev–Trinajstić information content (AvgIpc) is 3.21. The SMILES string of the molecule is COc1cc(OC)cc(C2C(S(=O)(=O)N3CCN(c4ccccc4F)CC3)CON2C)c1. The summed E-state index contributed by atoms with van der Waals surface area (Å²) in [6, 6.07) is 11.4. The zero-order chi connectivity index (χ0) is 22.9. The molecule has 2 aromatic carbocycles. The minimum atomic E-state index is -3.68. The number of rotatable bonds is 6. The second-order valence-electron chi connectivity index (χ2n) is 7.85. The van der Waals surface area contributed by atoms with E-state index in [-0.39, 0.29) is 25.5 Å². The van der Waals surface area contributed by atoms with Crippen LogP contribution in [0.2, 0.25) is 0 Å². The van der Waals surface area contributed by atoms with Crippen LogP contribution < -0.4 is 14.4 Å². The number of ether oxygens (including phenoxy) is 2. The van der Waals surface area contributed by atoms with Gasteiger partial charge in [-0.1, -0.05) is 12.1 Å². The second kappa shape index (κ2) is 9.22. The summed E-state index contributed by atoms with van der Waals surface area (Å²) in [6.07, 6.45) is 0. The molecule has 2 saturated heterocycles. The van der Waals surface area contributed by atoms with Crippen molar-refractivity contribution in [1.82, 2.24) is 9.37 Å². The van der Waals surface area contributed by atoms with Gasteiger partial charge in [-0.15, -0.1) is 0 Å². The molecule has 2 aliphatic rings. The highest BCUT2D eigenvalue weighted by molar-refractivity contribution is 7.89. The molecule has 0 aliphatic carbocycles. The number of hydrogen-bond donors (Lipinski definition) is 0. The molecule has 32 heavy (non-hydrogen) atoms. The number of methoxy groups -OCH3 is 2. The van der Waals surface area contributed by atoms with Gasteiger partial charge in [0.25, 0.3) is 0 Å². The van der Waals surface area contributed by atoms with Crippen molar-refractivity contribution in [2.75, 3.05) is 59.0 Å². The molecule has 2 aliphatic heterocycles. The maximum absolute atomic E-state index is 14.1. The Morgan fingerprint density at radius 3 is 2.22 bits per heavy atom. The van der Waals surface area contributed by atoms with Crippen molar-refractivity contribution in [2.24, 2.45) is 0 Å². The van der Waals surface area contributed by atoms with Crippen LogP contribution in [0.25, 0.3) is 0 Å². The zero-order valence-corrected chi connectivity index (χ0v) is 19.2. The van der Waals surface area contributed by atoms with Crippen LogP contribution >= 0.6 is 0 Å². The Morgan fingerprint density at radius 1 is 1.00 bits per heavy atom. The molecule has 0 aromatic heterocycles. The van der Waals surface area contributed by atoms with Crippen LogP contribution in [0, 0.1) is 5.82 Å². The van der Waals surface area contributed by atoms with Crippen LogP contribution in [0.3, 0.4) is 0 Å². The van der Waals surface area contributed by atoms with Crippen molar-refractivity contribution < 1.29 is 27.1 Å². The van der Waals surface area contributed by atoms with Gasteiger partial charge in [-0.05, 0) is 29.8 Å². The highest BCUT2D eigenvalue weighted by Crippen LogP contribution is 2.38. The third-order valence-corrected chi connectivity index (χ3v) is 8.32. The van der Waals surface area contributed by atoms with E-state index in [9.17, 15) is 12.8 Å². The normalized spacial score (nSPS) is 22.8.